The molecule has 1 atom stereocenters. The summed E-state index contributed by atoms with van der Waals surface area (Å²) in [6.45, 7) is 7.30. The summed E-state index contributed by atoms with van der Waals surface area (Å²) in [4.78, 5) is 49.6. The van der Waals surface area contributed by atoms with Crippen molar-refractivity contribution in [3.8, 4) is 0 Å². The highest BCUT2D eigenvalue weighted by atomic mass is 16.2. The average Bonchev–Trinajstić information content (AvgIpc) is 3.23. The van der Waals surface area contributed by atoms with Gasteiger partial charge in [-0.1, -0.05) is 13.8 Å². The number of aromatic nitrogens is 3. The Hall–Kier alpha value is -3.27. The molecule has 1 unspecified atom stereocenters. The monoisotopic (exact) mass is 523 g/mol. The molecule has 10 heteroatoms. The van der Waals surface area contributed by atoms with Crippen LogP contribution in [0.25, 0.3) is 0 Å². The number of amides is 3. The van der Waals surface area contributed by atoms with E-state index in [1.165, 1.54) is 0 Å². The number of rotatable bonds is 4. The van der Waals surface area contributed by atoms with Crippen molar-refractivity contribution in [2.24, 2.45) is 13.0 Å². The maximum atomic E-state index is 13.3. The Kier molecular flexibility index (Phi) is 9.14. The maximum absolute atomic E-state index is 13.3. The molecule has 0 fully saturated rings. The van der Waals surface area contributed by atoms with Gasteiger partial charge in [-0.3, -0.25) is 28.9 Å². The van der Waals surface area contributed by atoms with Crippen molar-refractivity contribution < 1.29 is 14.4 Å². The van der Waals surface area contributed by atoms with E-state index in [9.17, 15) is 14.4 Å². The smallest absolute Gasteiger partial charge is 0.272 e. The number of pyridine rings is 1. The van der Waals surface area contributed by atoms with E-state index in [1.54, 1.807) is 26.9 Å². The number of carbonyl (C=O) groups excluding carboxylic acids is 3. The van der Waals surface area contributed by atoms with Crippen molar-refractivity contribution in [3.05, 3.63) is 47.0 Å². The second-order valence-corrected chi connectivity index (χ2v) is 11.0. The van der Waals surface area contributed by atoms with Crippen LogP contribution in [0.5, 0.6) is 0 Å². The van der Waals surface area contributed by atoms with Crippen LogP contribution in [0.15, 0.2) is 24.5 Å². The number of fused-ring (bicyclic) bond motifs is 1. The van der Waals surface area contributed by atoms with E-state index < -0.39 is 0 Å². The molecule has 4 rings (SSSR count). The Morgan fingerprint density at radius 1 is 1.05 bits per heavy atom. The van der Waals surface area contributed by atoms with E-state index in [2.05, 4.69) is 34.1 Å². The standard InChI is InChI=1S/C28H41N7O3/c1-20(2)17-35-19-26(37)32(3)22-7-8-24-23(16-22)27(31-33(24)4)28(38)30-13-15-34(14-5-6-25(35)36)18-21-9-11-29-12-10-21/h9-12,20,22H,5-8,13-19H2,1-4H3,(H,30,38). The van der Waals surface area contributed by atoms with Gasteiger partial charge in [0.05, 0.1) is 6.54 Å². The third-order valence-corrected chi connectivity index (χ3v) is 7.58. The number of aryl methyl sites for hydroxylation is 1. The molecule has 3 amide bonds. The van der Waals surface area contributed by atoms with Gasteiger partial charge >= 0.3 is 0 Å². The summed E-state index contributed by atoms with van der Waals surface area (Å²) in [5, 5.41) is 7.62. The number of hydrogen-bond donors (Lipinski definition) is 1. The van der Waals surface area contributed by atoms with E-state index in [4.69, 9.17) is 0 Å². The fraction of sp³-hybridized carbons (Fsp3) is 0.607. The summed E-state index contributed by atoms with van der Waals surface area (Å²) < 4.78 is 1.80. The minimum atomic E-state index is -0.178. The Morgan fingerprint density at radius 3 is 2.55 bits per heavy atom. The molecule has 2 bridgehead atoms. The van der Waals surface area contributed by atoms with Crippen molar-refractivity contribution in [2.45, 2.75) is 58.5 Å². The van der Waals surface area contributed by atoms with Crippen LogP contribution in [-0.2, 0) is 36.0 Å². The Labute approximate surface area is 225 Å². The van der Waals surface area contributed by atoms with Gasteiger partial charge in [-0.05, 0) is 55.8 Å². The predicted molar refractivity (Wildman–Crippen MR) is 144 cm³/mol. The van der Waals surface area contributed by atoms with Crippen molar-refractivity contribution in [3.63, 3.8) is 0 Å². The topological polar surface area (TPSA) is 104 Å². The zero-order valence-electron chi connectivity index (χ0n) is 23.2. The van der Waals surface area contributed by atoms with E-state index >= 15 is 0 Å². The van der Waals surface area contributed by atoms with E-state index in [1.807, 2.05) is 26.2 Å². The molecule has 1 N–H and O–H groups in total. The van der Waals surface area contributed by atoms with Gasteiger partial charge in [-0.25, -0.2) is 0 Å². The Balaban J connectivity index is 1.58. The van der Waals surface area contributed by atoms with Gasteiger partial charge in [-0.15, -0.1) is 0 Å². The SMILES string of the molecule is CC(C)CN1CC(=O)N(C)C2CCc3c(c(nn3C)C(=O)NCCN(Cc3ccncc3)CCCC1=O)C2. The average molecular weight is 524 g/mol. The third kappa shape index (κ3) is 6.78. The van der Waals surface area contributed by atoms with Gasteiger partial charge in [0, 0.05) is 76.4 Å². The number of nitrogens with one attached hydrogen (secondary N) is 1. The van der Waals surface area contributed by atoms with E-state index in [0.29, 0.717) is 57.7 Å². The first-order chi connectivity index (χ1) is 18.2. The van der Waals surface area contributed by atoms with Gasteiger partial charge < -0.3 is 15.1 Å². The summed E-state index contributed by atoms with van der Waals surface area (Å²) in [6.07, 6.45) is 6.74. The first-order valence-electron chi connectivity index (χ1n) is 13.7. The largest absolute Gasteiger partial charge is 0.349 e. The van der Waals surface area contributed by atoms with Crippen molar-refractivity contribution in [2.75, 3.05) is 39.8 Å². The zero-order valence-corrected chi connectivity index (χ0v) is 23.2. The van der Waals surface area contributed by atoms with Gasteiger partial charge in [0.25, 0.3) is 5.91 Å². The number of hydrogen-bond acceptors (Lipinski definition) is 6. The lowest BCUT2D eigenvalue weighted by molar-refractivity contribution is -0.141. The first kappa shape index (κ1) is 27.8. The summed E-state index contributed by atoms with van der Waals surface area (Å²) in [6, 6.07) is 3.93. The van der Waals surface area contributed by atoms with Crippen LogP contribution in [-0.4, -0.2) is 93.0 Å². The van der Waals surface area contributed by atoms with E-state index in [-0.39, 0.29) is 36.2 Å². The van der Waals surface area contributed by atoms with Crippen LogP contribution >= 0.6 is 0 Å². The van der Waals surface area contributed by atoms with Gasteiger partial charge in [0.15, 0.2) is 5.69 Å². The highest BCUT2D eigenvalue weighted by Crippen LogP contribution is 2.27. The lowest BCUT2D eigenvalue weighted by Crippen LogP contribution is -2.47. The van der Waals surface area contributed by atoms with Crippen molar-refractivity contribution in [1.29, 1.82) is 0 Å². The molecule has 0 saturated heterocycles. The highest BCUT2D eigenvalue weighted by molar-refractivity contribution is 5.94. The summed E-state index contributed by atoms with van der Waals surface area (Å²) in [7, 11) is 3.69. The van der Waals surface area contributed by atoms with Gasteiger partial charge in [0.2, 0.25) is 11.8 Å². The number of carbonyl (C=O) groups is 3. The summed E-state index contributed by atoms with van der Waals surface area (Å²) in [5.74, 6) is 0.0398. The van der Waals surface area contributed by atoms with E-state index in [0.717, 1.165) is 29.7 Å². The lowest BCUT2D eigenvalue weighted by Gasteiger charge is -2.34. The van der Waals surface area contributed by atoms with Crippen LogP contribution in [0.1, 0.15) is 60.4 Å². The lowest BCUT2D eigenvalue weighted by atomic mass is 9.90. The molecule has 0 aromatic carbocycles. The van der Waals surface area contributed by atoms with Crippen molar-refractivity contribution in [1.82, 2.24) is 34.8 Å². The van der Waals surface area contributed by atoms with Crippen LogP contribution in [0.3, 0.4) is 0 Å². The molecule has 0 radical (unpaired) electrons. The fourth-order valence-electron chi connectivity index (χ4n) is 5.50. The molecule has 2 aromatic rings. The molecule has 0 spiro atoms. The molecule has 2 aliphatic rings. The minimum Gasteiger partial charge on any atom is -0.349 e. The second-order valence-electron chi connectivity index (χ2n) is 11.0. The molecule has 1 aliphatic carbocycles. The first-order valence-corrected chi connectivity index (χ1v) is 13.7. The molecule has 2 aromatic heterocycles. The van der Waals surface area contributed by atoms with Crippen molar-refractivity contribution >= 4 is 17.7 Å². The molecular formula is C28H41N7O3. The molecule has 10 nitrogen and oxygen atoms in total. The normalized spacial score (nSPS) is 20.6. The minimum absolute atomic E-state index is 0.0161. The van der Waals surface area contributed by atoms with Gasteiger partial charge in [0.1, 0.15) is 0 Å². The van der Waals surface area contributed by atoms with Crippen LogP contribution < -0.4 is 5.32 Å². The quantitative estimate of drug-likeness (QED) is 0.654. The van der Waals surface area contributed by atoms with Gasteiger partial charge in [-0.2, -0.15) is 5.10 Å². The zero-order chi connectivity index (χ0) is 27.2. The van der Waals surface area contributed by atoms with Crippen LogP contribution in [0.4, 0.5) is 0 Å². The Bertz CT molecular complexity index is 1130. The van der Waals surface area contributed by atoms with Crippen LogP contribution in [0.2, 0.25) is 0 Å². The molecule has 1 aliphatic heterocycles. The molecular weight excluding hydrogens is 482 g/mol. The third-order valence-electron chi connectivity index (χ3n) is 7.58. The fourth-order valence-corrected chi connectivity index (χ4v) is 5.50. The second kappa shape index (κ2) is 12.5. The van der Waals surface area contributed by atoms with Crippen LogP contribution in [0, 0.1) is 5.92 Å². The number of likely N-dealkylation sites (N-methyl/N-ethyl adjacent to an activating group) is 1. The molecule has 3 heterocycles. The summed E-state index contributed by atoms with van der Waals surface area (Å²) in [5.41, 5.74) is 3.56. The summed E-state index contributed by atoms with van der Waals surface area (Å²) >= 11 is 0. The molecule has 206 valence electrons. The Morgan fingerprint density at radius 2 is 1.82 bits per heavy atom. The number of nitrogens with zero attached hydrogens (tertiary/aromatic N) is 6. The molecule has 0 saturated carbocycles. The predicted octanol–water partition coefficient (Wildman–Crippen LogP) is 1.64. The highest BCUT2D eigenvalue weighted by Gasteiger charge is 2.32. The maximum Gasteiger partial charge on any atom is 0.272 e. The molecule has 38 heavy (non-hydrogen) atoms.